The van der Waals surface area contributed by atoms with E-state index >= 15 is 0 Å². The number of carbonyl (C=O) groups is 1. The molecule has 2 rings (SSSR count). The molecule has 25 heavy (non-hydrogen) atoms. The number of benzene rings is 1. The molecule has 1 amide bonds. The molecule has 0 aliphatic heterocycles. The lowest BCUT2D eigenvalue weighted by molar-refractivity contribution is -0.117. The zero-order valence-corrected chi connectivity index (χ0v) is 15.5. The molecule has 0 aliphatic carbocycles. The fourth-order valence-electron chi connectivity index (χ4n) is 2.46. The van der Waals surface area contributed by atoms with Crippen molar-refractivity contribution in [3.05, 3.63) is 35.1 Å². The van der Waals surface area contributed by atoms with E-state index in [1.807, 2.05) is 0 Å². The van der Waals surface area contributed by atoms with Crippen LogP contribution in [0.1, 0.15) is 23.8 Å². The lowest BCUT2D eigenvalue weighted by atomic mass is 10.1. The third-order valence-corrected chi connectivity index (χ3v) is 5.39. The maximum atomic E-state index is 12.7. The Morgan fingerprint density at radius 1 is 1.20 bits per heavy atom. The van der Waals surface area contributed by atoms with Crippen molar-refractivity contribution in [3.63, 3.8) is 0 Å². The van der Waals surface area contributed by atoms with E-state index in [1.165, 1.54) is 20.1 Å². The average Bonchev–Trinajstić information content (AvgIpc) is 2.90. The predicted molar refractivity (Wildman–Crippen MR) is 92.1 cm³/mol. The molecule has 2 N–H and O–H groups in total. The minimum absolute atomic E-state index is 0.130. The Hall–Kier alpha value is -2.39. The number of amides is 1. The van der Waals surface area contributed by atoms with Gasteiger partial charge in [0, 0.05) is 6.07 Å². The molecule has 2 aromatic rings. The van der Waals surface area contributed by atoms with Gasteiger partial charge < -0.3 is 14.6 Å². The van der Waals surface area contributed by atoms with Crippen molar-refractivity contribution in [2.75, 3.05) is 12.4 Å². The van der Waals surface area contributed by atoms with E-state index in [0.717, 1.165) is 0 Å². The zero-order valence-electron chi connectivity index (χ0n) is 14.7. The van der Waals surface area contributed by atoms with Crippen molar-refractivity contribution in [2.45, 2.75) is 38.6 Å². The van der Waals surface area contributed by atoms with Gasteiger partial charge in [0.2, 0.25) is 15.9 Å². The van der Waals surface area contributed by atoms with Crippen molar-refractivity contribution in [3.8, 4) is 5.75 Å². The van der Waals surface area contributed by atoms with Gasteiger partial charge in [-0.15, -0.1) is 0 Å². The van der Waals surface area contributed by atoms with Crippen LogP contribution in [0.5, 0.6) is 5.75 Å². The molecule has 0 saturated carbocycles. The van der Waals surface area contributed by atoms with Crippen LogP contribution in [0.2, 0.25) is 0 Å². The van der Waals surface area contributed by atoms with E-state index in [9.17, 15) is 13.2 Å². The minimum atomic E-state index is -3.89. The zero-order chi connectivity index (χ0) is 18.8. The maximum Gasteiger partial charge on any atom is 0.243 e. The Labute approximate surface area is 146 Å². The molecular formula is C16H21N3O5S. The van der Waals surface area contributed by atoms with Gasteiger partial charge >= 0.3 is 0 Å². The summed E-state index contributed by atoms with van der Waals surface area (Å²) in [6.45, 7) is 6.48. The normalized spacial score (nSPS) is 12.7. The number of methoxy groups -OCH3 is 1. The SMILES string of the molecule is COc1cc(C)c(S(=O)(=O)N[C@@H](C)C(=O)Nc2cc(C)on2)c(C)c1. The molecular weight excluding hydrogens is 346 g/mol. The number of nitrogens with one attached hydrogen (secondary N) is 2. The Bertz CT molecular complexity index is 866. The number of rotatable bonds is 6. The van der Waals surface area contributed by atoms with E-state index < -0.39 is 22.0 Å². The smallest absolute Gasteiger partial charge is 0.243 e. The van der Waals surface area contributed by atoms with E-state index in [1.54, 1.807) is 32.9 Å². The number of sulfonamides is 1. The summed E-state index contributed by atoms with van der Waals surface area (Å²) >= 11 is 0. The van der Waals surface area contributed by atoms with Gasteiger partial charge in [-0.05, 0) is 51.0 Å². The molecule has 0 radical (unpaired) electrons. The van der Waals surface area contributed by atoms with Gasteiger partial charge in [0.25, 0.3) is 0 Å². The topological polar surface area (TPSA) is 111 Å². The molecule has 0 spiro atoms. The molecule has 0 fully saturated rings. The van der Waals surface area contributed by atoms with E-state index in [2.05, 4.69) is 15.2 Å². The quantitative estimate of drug-likeness (QED) is 0.807. The third-order valence-electron chi connectivity index (χ3n) is 3.54. The van der Waals surface area contributed by atoms with Crippen molar-refractivity contribution in [1.82, 2.24) is 9.88 Å². The molecule has 1 atom stereocenters. The van der Waals surface area contributed by atoms with Crippen LogP contribution in [-0.4, -0.2) is 32.6 Å². The van der Waals surface area contributed by atoms with Crippen LogP contribution in [-0.2, 0) is 14.8 Å². The number of ether oxygens (including phenoxy) is 1. The number of aromatic nitrogens is 1. The highest BCUT2D eigenvalue weighted by Crippen LogP contribution is 2.25. The highest BCUT2D eigenvalue weighted by Gasteiger charge is 2.26. The van der Waals surface area contributed by atoms with Gasteiger partial charge in [-0.3, -0.25) is 4.79 Å². The maximum absolute atomic E-state index is 12.7. The first kappa shape index (κ1) is 18.9. The summed E-state index contributed by atoms with van der Waals surface area (Å²) in [6.07, 6.45) is 0. The summed E-state index contributed by atoms with van der Waals surface area (Å²) in [4.78, 5) is 12.3. The molecule has 0 bridgehead atoms. The second kappa shape index (κ2) is 7.24. The summed E-state index contributed by atoms with van der Waals surface area (Å²) in [5, 5.41) is 6.14. The number of hydrogen-bond acceptors (Lipinski definition) is 6. The number of carbonyl (C=O) groups excluding carboxylic acids is 1. The highest BCUT2D eigenvalue weighted by atomic mass is 32.2. The van der Waals surface area contributed by atoms with E-state index in [-0.39, 0.29) is 10.7 Å². The van der Waals surface area contributed by atoms with E-state index in [4.69, 9.17) is 9.26 Å². The molecule has 8 nitrogen and oxygen atoms in total. The lowest BCUT2D eigenvalue weighted by Crippen LogP contribution is -2.42. The number of hydrogen-bond donors (Lipinski definition) is 2. The first-order chi connectivity index (χ1) is 11.6. The average molecular weight is 367 g/mol. The highest BCUT2D eigenvalue weighted by molar-refractivity contribution is 7.89. The lowest BCUT2D eigenvalue weighted by Gasteiger charge is -2.17. The molecule has 0 unspecified atom stereocenters. The second-order valence-electron chi connectivity index (χ2n) is 5.75. The molecule has 9 heteroatoms. The Balaban J connectivity index is 2.19. The molecule has 136 valence electrons. The first-order valence-electron chi connectivity index (χ1n) is 7.56. The van der Waals surface area contributed by atoms with Crippen molar-refractivity contribution < 1.29 is 22.5 Å². The van der Waals surface area contributed by atoms with Gasteiger partial charge in [0.15, 0.2) is 5.82 Å². The summed E-state index contributed by atoms with van der Waals surface area (Å²) in [7, 11) is -2.38. The third kappa shape index (κ3) is 4.37. The van der Waals surface area contributed by atoms with Crippen LogP contribution < -0.4 is 14.8 Å². The van der Waals surface area contributed by atoms with Crippen molar-refractivity contribution in [1.29, 1.82) is 0 Å². The van der Waals surface area contributed by atoms with Crippen molar-refractivity contribution >= 4 is 21.7 Å². The van der Waals surface area contributed by atoms with Crippen LogP contribution in [0.4, 0.5) is 5.82 Å². The van der Waals surface area contributed by atoms with Gasteiger partial charge in [-0.25, -0.2) is 8.42 Å². The minimum Gasteiger partial charge on any atom is -0.497 e. The van der Waals surface area contributed by atoms with Gasteiger partial charge in [0.05, 0.1) is 18.0 Å². The monoisotopic (exact) mass is 367 g/mol. The van der Waals surface area contributed by atoms with Crippen LogP contribution in [0.15, 0.2) is 27.6 Å². The summed E-state index contributed by atoms with van der Waals surface area (Å²) < 4.78 is 37.7. The van der Waals surface area contributed by atoms with Crippen molar-refractivity contribution in [2.24, 2.45) is 0 Å². The number of nitrogens with zero attached hydrogens (tertiary/aromatic N) is 1. The first-order valence-corrected chi connectivity index (χ1v) is 9.04. The van der Waals surface area contributed by atoms with Crippen LogP contribution in [0.25, 0.3) is 0 Å². The van der Waals surface area contributed by atoms with E-state index in [0.29, 0.717) is 22.6 Å². The second-order valence-corrected chi connectivity index (χ2v) is 7.40. The van der Waals surface area contributed by atoms with Gasteiger partial charge in [-0.1, -0.05) is 5.16 Å². The molecule has 0 aliphatic rings. The number of anilines is 1. The Morgan fingerprint density at radius 2 is 1.80 bits per heavy atom. The van der Waals surface area contributed by atoms with Gasteiger partial charge in [0.1, 0.15) is 11.5 Å². The summed E-state index contributed by atoms with van der Waals surface area (Å²) in [5.74, 6) is 0.792. The fourth-order valence-corrected chi connectivity index (χ4v) is 4.11. The predicted octanol–water partition coefficient (Wildman–Crippen LogP) is 1.91. The number of aryl methyl sites for hydroxylation is 3. The van der Waals surface area contributed by atoms with Crippen LogP contribution in [0, 0.1) is 20.8 Å². The van der Waals surface area contributed by atoms with Crippen LogP contribution >= 0.6 is 0 Å². The van der Waals surface area contributed by atoms with Gasteiger partial charge in [-0.2, -0.15) is 4.72 Å². The Kier molecular flexibility index (Phi) is 5.48. The fraction of sp³-hybridized carbons (Fsp3) is 0.375. The summed E-state index contributed by atoms with van der Waals surface area (Å²) in [6, 6.07) is 3.80. The molecule has 1 aromatic heterocycles. The molecule has 1 aromatic carbocycles. The Morgan fingerprint density at radius 3 is 2.28 bits per heavy atom. The standard InChI is InChI=1S/C16H21N3O5S/c1-9-6-13(23-5)7-10(2)15(9)25(21,22)19-12(4)16(20)17-14-8-11(3)24-18-14/h6-8,12,19H,1-5H3,(H,17,18,20)/t12-/m0/s1. The van der Waals surface area contributed by atoms with Crippen LogP contribution in [0.3, 0.4) is 0 Å². The molecule has 0 saturated heterocycles. The molecule has 1 heterocycles. The largest absolute Gasteiger partial charge is 0.497 e. The summed E-state index contributed by atoms with van der Waals surface area (Å²) in [5.41, 5.74) is 1.06.